The van der Waals surface area contributed by atoms with Crippen LogP contribution in [0.4, 0.5) is 0 Å². The summed E-state index contributed by atoms with van der Waals surface area (Å²) in [5.74, 6) is 0. The maximum atomic E-state index is 8.76. The van der Waals surface area contributed by atoms with Gasteiger partial charge in [-0.15, -0.1) is 0 Å². The molecule has 1 atom stereocenters. The van der Waals surface area contributed by atoms with E-state index in [0.29, 0.717) is 0 Å². The third-order valence-electron chi connectivity index (χ3n) is 4.20. The summed E-state index contributed by atoms with van der Waals surface area (Å²) in [6.07, 6.45) is 15.7. The molecular formula is C18H42N2O3Se. The molecule has 0 aliphatic carbocycles. The van der Waals surface area contributed by atoms with Crippen LogP contribution in [-0.4, -0.2) is 73.4 Å². The number of nitrogens with zero attached hydrogens (tertiary/aromatic N) is 2. The first-order valence-corrected chi connectivity index (χ1v) is 11.7. The molecular weight excluding hydrogens is 371 g/mol. The van der Waals surface area contributed by atoms with Gasteiger partial charge in [-0.1, -0.05) is 71.1 Å². The van der Waals surface area contributed by atoms with E-state index >= 15 is 0 Å². The van der Waals surface area contributed by atoms with Crippen molar-refractivity contribution in [3.8, 4) is 0 Å². The quantitative estimate of drug-likeness (QED) is 0.338. The Morgan fingerprint density at radius 1 is 0.792 bits per heavy atom. The van der Waals surface area contributed by atoms with E-state index in [1.807, 2.05) is 0 Å². The molecule has 5 nitrogen and oxygen atoms in total. The number of unbranched alkanes of at least 4 members (excludes halogenated alkanes) is 9. The van der Waals surface area contributed by atoms with E-state index in [1.54, 1.807) is 0 Å². The van der Waals surface area contributed by atoms with E-state index in [9.17, 15) is 0 Å². The molecule has 0 aromatic carbocycles. The fourth-order valence-electron chi connectivity index (χ4n) is 2.80. The van der Waals surface area contributed by atoms with E-state index in [-0.39, 0.29) is 0 Å². The predicted molar refractivity (Wildman–Crippen MR) is 103 cm³/mol. The Morgan fingerprint density at radius 2 is 1.17 bits per heavy atom. The van der Waals surface area contributed by atoms with Crippen LogP contribution >= 0.6 is 0 Å². The molecule has 0 radical (unpaired) electrons. The zero-order valence-electron chi connectivity index (χ0n) is 16.7. The molecule has 0 amide bonds. The monoisotopic (exact) mass is 414 g/mol. The van der Waals surface area contributed by atoms with Crippen LogP contribution in [0, 0.1) is 0 Å². The third-order valence-corrected chi connectivity index (χ3v) is 4.20. The molecule has 148 valence electrons. The van der Waals surface area contributed by atoms with Crippen LogP contribution in [0.3, 0.4) is 0 Å². The Labute approximate surface area is 155 Å². The van der Waals surface area contributed by atoms with Crippen LogP contribution in [0.2, 0.25) is 0 Å². The van der Waals surface area contributed by atoms with Gasteiger partial charge in [0, 0.05) is 12.6 Å². The zero-order chi connectivity index (χ0) is 18.8. The molecule has 0 aromatic rings. The fraction of sp³-hybridized carbons (Fsp3) is 1.00. The van der Waals surface area contributed by atoms with Crippen molar-refractivity contribution in [3.05, 3.63) is 0 Å². The summed E-state index contributed by atoms with van der Waals surface area (Å²) in [7, 11) is 8.78. The van der Waals surface area contributed by atoms with Gasteiger partial charge in [0.1, 0.15) is 0 Å². The molecule has 6 heteroatoms. The van der Waals surface area contributed by atoms with Gasteiger partial charge in [0.05, 0.1) is 0 Å². The fourth-order valence-corrected chi connectivity index (χ4v) is 2.80. The second-order valence-corrected chi connectivity index (χ2v) is 8.05. The second kappa shape index (κ2) is 19.5. The van der Waals surface area contributed by atoms with Gasteiger partial charge >= 0.3 is 26.7 Å². The molecule has 0 heterocycles. The van der Waals surface area contributed by atoms with E-state index in [4.69, 9.17) is 12.2 Å². The molecule has 0 rings (SSSR count). The van der Waals surface area contributed by atoms with Crippen molar-refractivity contribution in [1.29, 1.82) is 0 Å². The Bertz CT molecular complexity index is 273. The average Bonchev–Trinajstić information content (AvgIpc) is 2.46. The van der Waals surface area contributed by atoms with Gasteiger partial charge in [-0.3, -0.25) is 0 Å². The van der Waals surface area contributed by atoms with Crippen LogP contribution in [0.1, 0.15) is 77.6 Å². The molecule has 1 unspecified atom stereocenters. The standard InChI is InChI=1S/C18H40N2.H2O3Se/c1-6-7-8-9-10-11-12-13-14-15-16-18(20(4)5)17-19(2)3;1-4(2)3/h18H,6-17H2,1-5H3;(H2,1,2,3). The normalized spacial score (nSPS) is 12.6. The first kappa shape index (κ1) is 26.4. The zero-order valence-corrected chi connectivity index (χ0v) is 18.4. The van der Waals surface area contributed by atoms with Crippen LogP contribution < -0.4 is 0 Å². The van der Waals surface area contributed by atoms with Crippen molar-refractivity contribution in [2.24, 2.45) is 0 Å². The topological polar surface area (TPSA) is 64.0 Å². The summed E-state index contributed by atoms with van der Waals surface area (Å²) in [4.78, 5) is 4.69. The number of hydrogen-bond donors (Lipinski definition) is 2. The van der Waals surface area contributed by atoms with Crippen molar-refractivity contribution in [2.75, 3.05) is 34.7 Å². The minimum absolute atomic E-state index is 0.721. The first-order valence-electron chi connectivity index (χ1n) is 9.42. The van der Waals surface area contributed by atoms with E-state index in [1.165, 1.54) is 77.2 Å². The molecule has 0 saturated heterocycles. The maximum absolute atomic E-state index is 8.76. The van der Waals surface area contributed by atoms with Gasteiger partial charge in [-0.05, 0) is 34.6 Å². The van der Waals surface area contributed by atoms with Crippen molar-refractivity contribution >= 4 is 14.5 Å². The van der Waals surface area contributed by atoms with Gasteiger partial charge in [0.2, 0.25) is 0 Å². The predicted octanol–water partition coefficient (Wildman–Crippen LogP) is 3.18. The summed E-state index contributed by atoms with van der Waals surface area (Å²) >= 11 is -3.29. The molecule has 0 aliphatic heterocycles. The van der Waals surface area contributed by atoms with Crippen LogP contribution in [-0.2, 0) is 3.83 Å². The second-order valence-electron chi connectivity index (χ2n) is 7.08. The molecule has 2 N–H and O–H groups in total. The molecule has 0 bridgehead atoms. The van der Waals surface area contributed by atoms with Crippen molar-refractivity contribution in [1.82, 2.24) is 9.80 Å². The Morgan fingerprint density at radius 3 is 1.50 bits per heavy atom. The molecule has 24 heavy (non-hydrogen) atoms. The summed E-state index contributed by atoms with van der Waals surface area (Å²) in [6, 6.07) is 0.721. The molecule has 0 aliphatic rings. The van der Waals surface area contributed by atoms with Crippen LogP contribution in [0.5, 0.6) is 0 Å². The Kier molecular flexibility index (Phi) is 21.4. The van der Waals surface area contributed by atoms with Gasteiger partial charge in [0.15, 0.2) is 0 Å². The van der Waals surface area contributed by atoms with Gasteiger partial charge in [-0.25, -0.2) is 0 Å². The SMILES string of the molecule is CCCCCCCCCCCCC(CN(C)C)N(C)C.O=[Se](O)O. The van der Waals surface area contributed by atoms with Gasteiger partial charge < -0.3 is 9.80 Å². The summed E-state index contributed by atoms with van der Waals surface area (Å²) < 4.78 is 23.1. The van der Waals surface area contributed by atoms with Crippen molar-refractivity contribution in [2.45, 2.75) is 83.6 Å². The molecule has 0 spiro atoms. The van der Waals surface area contributed by atoms with E-state index in [0.717, 1.165) is 6.04 Å². The van der Waals surface area contributed by atoms with Crippen LogP contribution in [0.25, 0.3) is 0 Å². The Balaban J connectivity index is 0. The summed E-state index contributed by atoms with van der Waals surface area (Å²) in [5.41, 5.74) is 0. The third kappa shape index (κ3) is 24.4. The van der Waals surface area contributed by atoms with Gasteiger partial charge in [-0.2, -0.15) is 0 Å². The Hall–Kier alpha value is 0.159. The van der Waals surface area contributed by atoms with Crippen molar-refractivity contribution < 1.29 is 12.2 Å². The minimum atomic E-state index is -3.29. The van der Waals surface area contributed by atoms with Crippen LogP contribution in [0.15, 0.2) is 0 Å². The van der Waals surface area contributed by atoms with E-state index < -0.39 is 14.5 Å². The molecule has 0 fully saturated rings. The number of rotatable bonds is 14. The first-order chi connectivity index (χ1) is 11.3. The van der Waals surface area contributed by atoms with E-state index in [2.05, 4.69) is 44.9 Å². The number of hydrogen-bond acceptors (Lipinski definition) is 3. The average molecular weight is 414 g/mol. The number of likely N-dealkylation sites (N-methyl/N-ethyl adjacent to an activating group) is 2. The summed E-state index contributed by atoms with van der Waals surface area (Å²) in [5, 5.41) is 0. The van der Waals surface area contributed by atoms with Gasteiger partial charge in [0.25, 0.3) is 0 Å². The summed E-state index contributed by atoms with van der Waals surface area (Å²) in [6.45, 7) is 3.47. The molecule has 0 saturated carbocycles. The van der Waals surface area contributed by atoms with Crippen molar-refractivity contribution in [3.63, 3.8) is 0 Å². The molecule has 0 aromatic heterocycles.